The lowest BCUT2D eigenvalue weighted by Crippen LogP contribution is -2.51. The van der Waals surface area contributed by atoms with E-state index in [0.717, 1.165) is 18.2 Å². The van der Waals surface area contributed by atoms with Gasteiger partial charge in [-0.1, -0.05) is 60.7 Å². The molecule has 0 spiro atoms. The van der Waals surface area contributed by atoms with Gasteiger partial charge in [0.25, 0.3) is 0 Å². The summed E-state index contributed by atoms with van der Waals surface area (Å²) in [6.45, 7) is 1.87. The van der Waals surface area contributed by atoms with E-state index in [-0.39, 0.29) is 0 Å². The Labute approximate surface area is 161 Å². The van der Waals surface area contributed by atoms with Gasteiger partial charge < -0.3 is 10.6 Å². The van der Waals surface area contributed by atoms with Crippen LogP contribution in [0.5, 0.6) is 0 Å². The zero-order chi connectivity index (χ0) is 17.8. The molecule has 2 aliphatic heterocycles. The zero-order valence-corrected chi connectivity index (χ0v) is 15.9. The van der Waals surface area contributed by atoms with Crippen LogP contribution in [0.25, 0.3) is 0 Å². The minimum absolute atomic E-state index is 0.496. The van der Waals surface area contributed by atoms with Gasteiger partial charge >= 0.3 is 0 Å². The van der Waals surface area contributed by atoms with Crippen LogP contribution < -0.4 is 10.6 Å². The minimum atomic E-state index is 0.496. The van der Waals surface area contributed by atoms with Gasteiger partial charge in [0.05, 0.1) is 0 Å². The van der Waals surface area contributed by atoms with E-state index in [1.807, 2.05) is 6.07 Å². The van der Waals surface area contributed by atoms with Crippen molar-refractivity contribution >= 4 is 17.3 Å². The van der Waals surface area contributed by atoms with E-state index in [1.165, 1.54) is 36.8 Å². The van der Waals surface area contributed by atoms with Crippen LogP contribution in [0.1, 0.15) is 36.8 Å². The van der Waals surface area contributed by atoms with Gasteiger partial charge in [-0.15, -0.1) is 0 Å². The Hall–Kier alpha value is -1.91. The Kier molecular flexibility index (Phi) is 5.51. The Bertz CT molecular complexity index is 705. The average Bonchev–Trinajstić information content (AvgIpc) is 2.90. The van der Waals surface area contributed by atoms with Gasteiger partial charge in [-0.3, -0.25) is 4.90 Å². The molecule has 2 atom stereocenters. The Morgan fingerprint density at radius 2 is 1.46 bits per heavy atom. The number of thiocarbonyl (C=S) groups is 1. The summed E-state index contributed by atoms with van der Waals surface area (Å²) in [5.74, 6) is 0. The lowest BCUT2D eigenvalue weighted by molar-refractivity contribution is 0.115. The zero-order valence-electron chi connectivity index (χ0n) is 15.1. The first kappa shape index (κ1) is 17.5. The highest BCUT2D eigenvalue weighted by Gasteiger charge is 2.40. The van der Waals surface area contributed by atoms with Crippen LogP contribution in [-0.2, 0) is 13.1 Å². The number of piperidine rings is 1. The predicted octanol–water partition coefficient (Wildman–Crippen LogP) is 3.85. The quantitative estimate of drug-likeness (QED) is 0.787. The van der Waals surface area contributed by atoms with Crippen LogP contribution in [0.2, 0.25) is 0 Å². The summed E-state index contributed by atoms with van der Waals surface area (Å²) >= 11 is 5.53. The monoisotopic (exact) mass is 365 g/mol. The maximum Gasteiger partial charge on any atom is 0.166 e. The molecule has 0 aromatic heterocycles. The van der Waals surface area contributed by atoms with Crippen LogP contribution in [0.15, 0.2) is 60.7 Å². The second-order valence-electron chi connectivity index (χ2n) is 7.52. The molecule has 0 radical (unpaired) electrons. The average molecular weight is 366 g/mol. The first-order valence-electron chi connectivity index (χ1n) is 9.66. The van der Waals surface area contributed by atoms with Crippen molar-refractivity contribution in [3.63, 3.8) is 0 Å². The summed E-state index contributed by atoms with van der Waals surface area (Å²) in [4.78, 5) is 2.72. The molecule has 2 heterocycles. The molecule has 2 saturated heterocycles. The topological polar surface area (TPSA) is 27.3 Å². The number of hydrogen-bond donors (Lipinski definition) is 2. The van der Waals surface area contributed by atoms with Gasteiger partial charge in [0.2, 0.25) is 0 Å². The van der Waals surface area contributed by atoms with Gasteiger partial charge in [0.1, 0.15) is 0 Å². The highest BCUT2D eigenvalue weighted by Crippen LogP contribution is 2.36. The number of benzene rings is 2. The highest BCUT2D eigenvalue weighted by atomic mass is 32.1. The fourth-order valence-electron chi connectivity index (χ4n) is 4.46. The van der Waals surface area contributed by atoms with E-state index in [2.05, 4.69) is 70.1 Å². The van der Waals surface area contributed by atoms with E-state index < -0.39 is 0 Å². The van der Waals surface area contributed by atoms with Crippen molar-refractivity contribution in [2.75, 3.05) is 0 Å². The van der Waals surface area contributed by atoms with E-state index in [0.29, 0.717) is 18.1 Å². The van der Waals surface area contributed by atoms with Crippen molar-refractivity contribution in [2.24, 2.45) is 0 Å². The Morgan fingerprint density at radius 1 is 0.885 bits per heavy atom. The fraction of sp³-hybridized carbons (Fsp3) is 0.409. The van der Waals surface area contributed by atoms with Crippen LogP contribution >= 0.6 is 12.2 Å². The van der Waals surface area contributed by atoms with Gasteiger partial charge in [-0.2, -0.15) is 0 Å². The van der Waals surface area contributed by atoms with E-state index in [9.17, 15) is 0 Å². The summed E-state index contributed by atoms with van der Waals surface area (Å²) < 4.78 is 0. The van der Waals surface area contributed by atoms with Crippen molar-refractivity contribution in [2.45, 2.75) is 56.9 Å². The van der Waals surface area contributed by atoms with Crippen molar-refractivity contribution in [1.82, 2.24) is 15.5 Å². The standard InChI is InChI=1S/C22H27N3S/c26-22(23-15-17-7-3-1-4-8-17)24-19-13-20-11-12-21(14-19)25(20)16-18-9-5-2-6-10-18/h1-10,19-21H,11-16H2,(H2,23,24,26)/t20-,21-/m0/s1. The van der Waals surface area contributed by atoms with Crippen molar-refractivity contribution in [3.05, 3.63) is 71.8 Å². The lowest BCUT2D eigenvalue weighted by Gasteiger charge is -2.39. The molecule has 2 bridgehead atoms. The lowest BCUT2D eigenvalue weighted by atomic mass is 9.96. The predicted molar refractivity (Wildman–Crippen MR) is 111 cm³/mol. The second-order valence-corrected chi connectivity index (χ2v) is 7.93. The molecule has 0 aliphatic carbocycles. The summed E-state index contributed by atoms with van der Waals surface area (Å²) in [6.07, 6.45) is 5.02. The third-order valence-corrected chi connectivity index (χ3v) is 5.99. The molecule has 3 nitrogen and oxygen atoms in total. The number of hydrogen-bond acceptors (Lipinski definition) is 2. The van der Waals surface area contributed by atoms with E-state index in [4.69, 9.17) is 12.2 Å². The molecule has 0 saturated carbocycles. The van der Waals surface area contributed by atoms with Crippen LogP contribution in [-0.4, -0.2) is 28.1 Å². The third kappa shape index (κ3) is 4.25. The van der Waals surface area contributed by atoms with Gasteiger partial charge in [-0.25, -0.2) is 0 Å². The molecule has 0 amide bonds. The molecule has 2 N–H and O–H groups in total. The smallest absolute Gasteiger partial charge is 0.166 e. The molecule has 2 aliphatic rings. The maximum absolute atomic E-state index is 5.53. The van der Waals surface area contributed by atoms with E-state index in [1.54, 1.807) is 0 Å². The fourth-order valence-corrected chi connectivity index (χ4v) is 4.70. The first-order valence-corrected chi connectivity index (χ1v) is 10.1. The summed E-state index contributed by atoms with van der Waals surface area (Å²) in [5.41, 5.74) is 2.69. The molecule has 26 heavy (non-hydrogen) atoms. The number of rotatable bonds is 5. The third-order valence-electron chi connectivity index (χ3n) is 5.72. The first-order chi connectivity index (χ1) is 12.8. The Morgan fingerprint density at radius 3 is 2.08 bits per heavy atom. The molecule has 4 rings (SSSR count). The molecule has 2 aromatic rings. The van der Waals surface area contributed by atoms with Crippen LogP contribution in [0.3, 0.4) is 0 Å². The van der Waals surface area contributed by atoms with Crippen molar-refractivity contribution in [3.8, 4) is 0 Å². The minimum Gasteiger partial charge on any atom is -0.360 e. The molecule has 2 fully saturated rings. The number of nitrogens with one attached hydrogen (secondary N) is 2. The normalized spacial score (nSPS) is 25.0. The molecular formula is C22H27N3S. The van der Waals surface area contributed by atoms with Gasteiger partial charge in [-0.05, 0) is 49.0 Å². The molecule has 0 unspecified atom stereocenters. The largest absolute Gasteiger partial charge is 0.360 e. The summed E-state index contributed by atoms with van der Waals surface area (Å²) in [7, 11) is 0. The Balaban J connectivity index is 1.28. The van der Waals surface area contributed by atoms with E-state index >= 15 is 0 Å². The molecule has 4 heteroatoms. The van der Waals surface area contributed by atoms with Gasteiger partial charge in [0.15, 0.2) is 5.11 Å². The SMILES string of the molecule is S=C(NCc1ccccc1)NC1C[C@@H]2CC[C@@H](C1)N2Cc1ccccc1. The number of nitrogens with zero attached hydrogens (tertiary/aromatic N) is 1. The summed E-state index contributed by atoms with van der Waals surface area (Å²) in [6, 6.07) is 23.1. The molecule has 2 aromatic carbocycles. The molecular weight excluding hydrogens is 338 g/mol. The summed E-state index contributed by atoms with van der Waals surface area (Å²) in [5, 5.41) is 7.71. The van der Waals surface area contributed by atoms with Crippen LogP contribution in [0, 0.1) is 0 Å². The number of fused-ring (bicyclic) bond motifs is 2. The maximum atomic E-state index is 5.53. The molecule has 136 valence electrons. The van der Waals surface area contributed by atoms with Crippen molar-refractivity contribution < 1.29 is 0 Å². The van der Waals surface area contributed by atoms with Gasteiger partial charge in [0, 0.05) is 31.2 Å². The van der Waals surface area contributed by atoms with Crippen molar-refractivity contribution in [1.29, 1.82) is 0 Å². The highest BCUT2D eigenvalue weighted by molar-refractivity contribution is 7.80. The van der Waals surface area contributed by atoms with Crippen LogP contribution in [0.4, 0.5) is 0 Å². The second kappa shape index (κ2) is 8.19.